The molecule has 1 fully saturated rings. The third kappa shape index (κ3) is 2.36. The molecule has 0 saturated carbocycles. The molecule has 1 amide bonds. The molecule has 106 valence electrons. The Balaban J connectivity index is 1.83. The molecular weight excluding hydrogens is 274 g/mol. The van der Waals surface area contributed by atoms with Crippen molar-refractivity contribution in [2.24, 2.45) is 0 Å². The zero-order chi connectivity index (χ0) is 14.3. The van der Waals surface area contributed by atoms with E-state index in [1.807, 2.05) is 24.3 Å². The van der Waals surface area contributed by atoms with Gasteiger partial charge in [-0.2, -0.15) is 0 Å². The normalized spacial score (nSPS) is 28.8. The first-order valence-corrected chi connectivity index (χ1v) is 7.67. The lowest BCUT2D eigenvalue weighted by molar-refractivity contribution is -0.131. The van der Waals surface area contributed by atoms with E-state index in [1.54, 1.807) is 4.90 Å². The third-order valence-electron chi connectivity index (χ3n) is 3.96. The van der Waals surface area contributed by atoms with E-state index in [1.165, 1.54) is 18.7 Å². The number of nitrogens with zero attached hydrogens (tertiary/aromatic N) is 1. The number of carbonyl (C=O) groups excluding carboxylic acids is 2. The molecule has 4 nitrogen and oxygen atoms in total. The third-order valence-corrected chi connectivity index (χ3v) is 4.94. The van der Waals surface area contributed by atoms with E-state index in [0.29, 0.717) is 19.4 Å². The highest BCUT2D eigenvalue weighted by Gasteiger charge is 2.42. The van der Waals surface area contributed by atoms with Crippen LogP contribution >= 0.6 is 11.8 Å². The molecule has 0 radical (unpaired) electrons. The van der Waals surface area contributed by atoms with Crippen molar-refractivity contribution in [3.63, 3.8) is 0 Å². The summed E-state index contributed by atoms with van der Waals surface area (Å²) in [4.78, 5) is 25.1. The van der Waals surface area contributed by atoms with Crippen molar-refractivity contribution in [2.45, 2.75) is 37.2 Å². The fourth-order valence-electron chi connectivity index (χ4n) is 3.21. The highest BCUT2D eigenvalue weighted by molar-refractivity contribution is 8.14. The van der Waals surface area contributed by atoms with Crippen molar-refractivity contribution in [1.29, 1.82) is 0 Å². The first kappa shape index (κ1) is 13.6. The molecule has 20 heavy (non-hydrogen) atoms. The summed E-state index contributed by atoms with van der Waals surface area (Å²) < 4.78 is 0. The fourth-order valence-corrected chi connectivity index (χ4v) is 4.14. The second kappa shape index (κ2) is 5.22. The number of thioether (sulfide) groups is 1. The first-order chi connectivity index (χ1) is 9.56. The Kier molecular flexibility index (Phi) is 3.56. The van der Waals surface area contributed by atoms with Gasteiger partial charge in [0.25, 0.3) is 0 Å². The molecule has 1 saturated heterocycles. The average Bonchev–Trinajstić information content (AvgIpc) is 2.87. The minimum Gasteiger partial charge on any atom is -0.390 e. The van der Waals surface area contributed by atoms with Crippen LogP contribution in [0.2, 0.25) is 0 Å². The topological polar surface area (TPSA) is 57.6 Å². The number of amides is 1. The minimum atomic E-state index is -0.544. The highest BCUT2D eigenvalue weighted by Crippen LogP contribution is 2.39. The van der Waals surface area contributed by atoms with Crippen LogP contribution in [-0.4, -0.2) is 38.9 Å². The smallest absolute Gasteiger partial charge is 0.224 e. The largest absolute Gasteiger partial charge is 0.390 e. The predicted octanol–water partition coefficient (Wildman–Crippen LogP) is 1.53. The summed E-state index contributed by atoms with van der Waals surface area (Å²) in [6, 6.07) is 7.62. The Morgan fingerprint density at radius 3 is 2.85 bits per heavy atom. The van der Waals surface area contributed by atoms with Gasteiger partial charge in [0.05, 0.1) is 12.1 Å². The number of hydrogen-bond donors (Lipinski definition) is 1. The molecule has 1 aromatic rings. The van der Waals surface area contributed by atoms with E-state index in [-0.39, 0.29) is 22.3 Å². The molecule has 1 aliphatic carbocycles. The summed E-state index contributed by atoms with van der Waals surface area (Å²) in [5, 5.41) is 10.3. The van der Waals surface area contributed by atoms with E-state index < -0.39 is 6.10 Å². The van der Waals surface area contributed by atoms with Crippen molar-refractivity contribution < 1.29 is 14.7 Å². The first-order valence-electron chi connectivity index (χ1n) is 6.79. The number of rotatable bonds is 2. The van der Waals surface area contributed by atoms with E-state index in [2.05, 4.69) is 0 Å². The van der Waals surface area contributed by atoms with Crippen molar-refractivity contribution in [3.05, 3.63) is 35.4 Å². The Morgan fingerprint density at radius 1 is 1.35 bits per heavy atom. The van der Waals surface area contributed by atoms with Crippen LogP contribution < -0.4 is 0 Å². The molecule has 0 bridgehead atoms. The van der Waals surface area contributed by atoms with Gasteiger partial charge in [0, 0.05) is 31.6 Å². The summed E-state index contributed by atoms with van der Waals surface area (Å²) in [6.45, 7) is 2.07. The Morgan fingerprint density at radius 2 is 2.10 bits per heavy atom. The molecule has 1 aliphatic heterocycles. The molecule has 2 aliphatic rings. The maximum absolute atomic E-state index is 12.2. The second-order valence-corrected chi connectivity index (χ2v) is 6.87. The van der Waals surface area contributed by atoms with Gasteiger partial charge in [0.1, 0.15) is 0 Å². The summed E-state index contributed by atoms with van der Waals surface area (Å²) in [5.74, 6) is 0.0319. The Hall–Kier alpha value is -1.33. The number of carbonyl (C=O) groups is 2. The summed E-state index contributed by atoms with van der Waals surface area (Å²) in [5.41, 5.74) is 2.15. The average molecular weight is 291 g/mol. The van der Waals surface area contributed by atoms with Crippen molar-refractivity contribution in [1.82, 2.24) is 4.90 Å². The zero-order valence-electron chi connectivity index (χ0n) is 11.3. The number of hydrogen-bond acceptors (Lipinski definition) is 4. The van der Waals surface area contributed by atoms with Crippen LogP contribution in [0.1, 0.15) is 30.5 Å². The molecule has 3 rings (SSSR count). The summed E-state index contributed by atoms with van der Waals surface area (Å²) >= 11 is 1.23. The SMILES string of the molecule is CC(=O)SC1CC(=O)N([C@@H]2c3ccccc3C[C@@H]2O)C1. The fraction of sp³-hybridized carbons (Fsp3) is 0.467. The van der Waals surface area contributed by atoms with Crippen LogP contribution in [0.15, 0.2) is 24.3 Å². The Bertz CT molecular complexity index is 560. The summed E-state index contributed by atoms with van der Waals surface area (Å²) in [6.07, 6.45) is 0.433. The molecular formula is C15H17NO3S. The molecule has 1 unspecified atom stereocenters. The van der Waals surface area contributed by atoms with E-state index in [4.69, 9.17) is 0 Å². The van der Waals surface area contributed by atoms with Gasteiger partial charge in [-0.05, 0) is 11.1 Å². The van der Waals surface area contributed by atoms with Crippen molar-refractivity contribution in [2.75, 3.05) is 6.54 Å². The molecule has 1 heterocycles. The van der Waals surface area contributed by atoms with Gasteiger partial charge in [0.2, 0.25) is 5.91 Å². The minimum absolute atomic E-state index is 0.0139. The molecule has 3 atom stereocenters. The van der Waals surface area contributed by atoms with Crippen LogP contribution in [0, 0.1) is 0 Å². The van der Waals surface area contributed by atoms with E-state index in [0.717, 1.165) is 11.1 Å². The number of aliphatic hydroxyl groups is 1. The van der Waals surface area contributed by atoms with Crippen LogP contribution in [0.4, 0.5) is 0 Å². The Labute approximate surface area is 122 Å². The molecule has 1 aromatic carbocycles. The van der Waals surface area contributed by atoms with Gasteiger partial charge < -0.3 is 10.0 Å². The van der Waals surface area contributed by atoms with Crippen LogP contribution in [0.5, 0.6) is 0 Å². The molecule has 0 spiro atoms. The van der Waals surface area contributed by atoms with Crippen LogP contribution in [-0.2, 0) is 16.0 Å². The standard InChI is InChI=1S/C15H17NO3S/c1-9(17)20-11-7-14(19)16(8-11)15-12-5-3-2-4-10(12)6-13(15)18/h2-5,11,13,15,18H,6-8H2,1H3/t11?,13-,15+/m0/s1. The van der Waals surface area contributed by atoms with Crippen LogP contribution in [0.3, 0.4) is 0 Å². The summed E-state index contributed by atoms with van der Waals surface area (Å²) in [7, 11) is 0. The van der Waals surface area contributed by atoms with Gasteiger partial charge >= 0.3 is 0 Å². The quantitative estimate of drug-likeness (QED) is 0.897. The lowest BCUT2D eigenvalue weighted by Crippen LogP contribution is -2.35. The van der Waals surface area contributed by atoms with Gasteiger partial charge in [-0.3, -0.25) is 9.59 Å². The van der Waals surface area contributed by atoms with Gasteiger partial charge in [-0.25, -0.2) is 0 Å². The van der Waals surface area contributed by atoms with Crippen LogP contribution in [0.25, 0.3) is 0 Å². The van der Waals surface area contributed by atoms with Gasteiger partial charge in [0.15, 0.2) is 5.12 Å². The lowest BCUT2D eigenvalue weighted by atomic mass is 10.1. The highest BCUT2D eigenvalue weighted by atomic mass is 32.2. The second-order valence-electron chi connectivity index (χ2n) is 5.40. The zero-order valence-corrected chi connectivity index (χ0v) is 12.1. The number of aliphatic hydroxyl groups excluding tert-OH is 1. The molecule has 5 heteroatoms. The van der Waals surface area contributed by atoms with Crippen molar-refractivity contribution in [3.8, 4) is 0 Å². The van der Waals surface area contributed by atoms with Crippen molar-refractivity contribution >= 4 is 22.8 Å². The number of fused-ring (bicyclic) bond motifs is 1. The van der Waals surface area contributed by atoms with E-state index in [9.17, 15) is 14.7 Å². The van der Waals surface area contributed by atoms with E-state index >= 15 is 0 Å². The maximum Gasteiger partial charge on any atom is 0.224 e. The monoisotopic (exact) mass is 291 g/mol. The van der Waals surface area contributed by atoms with Gasteiger partial charge in [-0.1, -0.05) is 36.0 Å². The molecule has 1 N–H and O–H groups in total. The number of likely N-dealkylation sites (tertiary alicyclic amines) is 1. The predicted molar refractivity (Wildman–Crippen MR) is 77.3 cm³/mol. The number of benzene rings is 1. The maximum atomic E-state index is 12.2. The van der Waals surface area contributed by atoms with Gasteiger partial charge in [-0.15, -0.1) is 0 Å². The lowest BCUT2D eigenvalue weighted by Gasteiger charge is -2.28. The molecule has 0 aromatic heterocycles.